The first kappa shape index (κ1) is 42.7. The zero-order chi connectivity index (χ0) is 42.4. The maximum absolute atomic E-state index is 13.8. The molecule has 1 aliphatic rings. The van der Waals surface area contributed by atoms with Crippen LogP contribution in [-0.4, -0.2) is 70.9 Å². The number of methoxy groups -OCH3 is 2. The molecular weight excluding hydrogens is 782 g/mol. The summed E-state index contributed by atoms with van der Waals surface area (Å²) in [6, 6.07) is 35.0. The summed E-state index contributed by atoms with van der Waals surface area (Å²) in [4.78, 5) is 33.8. The van der Waals surface area contributed by atoms with Gasteiger partial charge >= 0.3 is 5.69 Å². The van der Waals surface area contributed by atoms with E-state index in [1.54, 1.807) is 32.5 Å². The topological polar surface area (TPSA) is 150 Å². The molecule has 1 fully saturated rings. The van der Waals surface area contributed by atoms with Crippen LogP contribution in [-0.2, 0) is 24.1 Å². The number of benzene rings is 4. The molecule has 1 aliphatic heterocycles. The molecular formula is C46H50N5O8P. The number of nitrogens with zero attached hydrogens (tertiary/aromatic N) is 4. The summed E-state index contributed by atoms with van der Waals surface area (Å²) in [5.41, 5.74) is 0.671. The van der Waals surface area contributed by atoms with Gasteiger partial charge in [-0.05, 0) is 80.1 Å². The van der Waals surface area contributed by atoms with Gasteiger partial charge in [-0.3, -0.25) is 9.36 Å². The molecule has 1 saturated heterocycles. The second-order valence-electron chi connectivity index (χ2n) is 15.1. The molecule has 312 valence electrons. The number of nitriles is 1. The van der Waals surface area contributed by atoms with Crippen molar-refractivity contribution in [2.24, 2.45) is 0 Å². The molecule has 0 aliphatic carbocycles. The van der Waals surface area contributed by atoms with E-state index in [-0.39, 0.29) is 49.3 Å². The molecule has 7 rings (SSSR count). The summed E-state index contributed by atoms with van der Waals surface area (Å²) >= 11 is 0. The van der Waals surface area contributed by atoms with Gasteiger partial charge in [0, 0.05) is 35.5 Å². The van der Waals surface area contributed by atoms with E-state index in [9.17, 15) is 14.9 Å². The third-order valence-corrected chi connectivity index (χ3v) is 12.8. The lowest BCUT2D eigenvalue weighted by Crippen LogP contribution is -2.39. The second-order valence-corrected chi connectivity index (χ2v) is 16.5. The molecule has 4 atom stereocenters. The van der Waals surface area contributed by atoms with E-state index in [4.69, 9.17) is 28.0 Å². The average Bonchev–Trinajstić information content (AvgIpc) is 3.66. The summed E-state index contributed by atoms with van der Waals surface area (Å²) in [7, 11) is 1.55. The quantitative estimate of drug-likeness (QED) is 0.0410. The molecule has 13 nitrogen and oxygen atoms in total. The van der Waals surface area contributed by atoms with Crippen LogP contribution in [0.5, 0.6) is 11.5 Å². The summed E-state index contributed by atoms with van der Waals surface area (Å²) in [5.74, 6) is 1.39. The van der Waals surface area contributed by atoms with Crippen molar-refractivity contribution in [3.05, 3.63) is 147 Å². The predicted octanol–water partition coefficient (Wildman–Crippen LogP) is 8.21. The lowest BCUT2D eigenvalue weighted by atomic mass is 9.80. The fraction of sp³-hybridized carbons (Fsp3) is 0.348. The van der Waals surface area contributed by atoms with Gasteiger partial charge in [-0.25, -0.2) is 9.46 Å². The minimum atomic E-state index is -1.71. The number of aromatic amines is 1. The minimum absolute atomic E-state index is 0.0187. The van der Waals surface area contributed by atoms with E-state index in [1.165, 1.54) is 4.57 Å². The van der Waals surface area contributed by atoms with Gasteiger partial charge in [0.1, 0.15) is 35.1 Å². The fourth-order valence-corrected chi connectivity index (χ4v) is 9.64. The van der Waals surface area contributed by atoms with Crippen molar-refractivity contribution >= 4 is 30.3 Å². The first-order chi connectivity index (χ1) is 29.1. The maximum atomic E-state index is 13.8. The van der Waals surface area contributed by atoms with Gasteiger partial charge in [-0.15, -0.1) is 0 Å². The lowest BCUT2D eigenvalue weighted by Gasteiger charge is -2.39. The van der Waals surface area contributed by atoms with Crippen molar-refractivity contribution in [3.8, 4) is 17.6 Å². The Morgan fingerprint density at radius 1 is 0.850 bits per heavy atom. The molecule has 0 bridgehead atoms. The van der Waals surface area contributed by atoms with Crippen LogP contribution in [0.2, 0.25) is 0 Å². The number of H-pyrrole nitrogens is 1. The van der Waals surface area contributed by atoms with Crippen LogP contribution < -0.4 is 20.7 Å². The Bertz CT molecular complexity index is 2490. The van der Waals surface area contributed by atoms with E-state index >= 15 is 0 Å². The molecule has 6 aromatic rings. The standard InChI is InChI=1S/C46H50N5O8P/c1-30(2)51(31(3)4)60(57-26-12-25-47)59-40-27-42(50-28-39-37-15-10-11-16-38(37)44(52)48-43(39)49-45(50)53)58-41(40)29-56-46(32-13-8-7-9-14-32,33-17-21-35(54-5)22-18-33)34-19-23-36(55-6)24-20-34/h7-11,13-24,28,30-31,40-42H,12,26-27,29H2,1-6H3,(H,48,49,52,53)/t40-,41+,42+,60?/m0/s1. The van der Waals surface area contributed by atoms with Crippen molar-refractivity contribution in [1.29, 1.82) is 5.26 Å². The molecule has 0 amide bonds. The maximum Gasteiger partial charge on any atom is 0.351 e. The molecule has 2 aromatic heterocycles. The fourth-order valence-electron chi connectivity index (χ4n) is 7.88. The first-order valence-electron chi connectivity index (χ1n) is 20.0. The molecule has 0 spiro atoms. The van der Waals surface area contributed by atoms with Gasteiger partial charge in [0.2, 0.25) is 0 Å². The Morgan fingerprint density at radius 2 is 1.43 bits per heavy atom. The number of hydrogen-bond acceptors (Lipinski definition) is 11. The number of rotatable bonds is 17. The summed E-state index contributed by atoms with van der Waals surface area (Å²) in [5, 5.41) is 11.1. The highest BCUT2D eigenvalue weighted by molar-refractivity contribution is 7.44. The molecule has 60 heavy (non-hydrogen) atoms. The first-order valence-corrected chi connectivity index (χ1v) is 21.1. The van der Waals surface area contributed by atoms with E-state index in [2.05, 4.69) is 48.4 Å². The van der Waals surface area contributed by atoms with Crippen LogP contribution in [0, 0.1) is 11.3 Å². The van der Waals surface area contributed by atoms with Crippen LogP contribution in [0.3, 0.4) is 0 Å². The molecule has 0 radical (unpaired) electrons. The third kappa shape index (κ3) is 8.72. The van der Waals surface area contributed by atoms with Crippen LogP contribution >= 0.6 is 8.53 Å². The van der Waals surface area contributed by atoms with Crippen LogP contribution in [0.15, 0.2) is 119 Å². The number of nitrogens with one attached hydrogen (secondary N) is 1. The molecule has 14 heteroatoms. The Kier molecular flexibility index (Phi) is 13.4. The van der Waals surface area contributed by atoms with Gasteiger partial charge in [0.15, 0.2) is 0 Å². The number of hydrogen-bond donors (Lipinski definition) is 1. The van der Waals surface area contributed by atoms with Crippen molar-refractivity contribution in [3.63, 3.8) is 0 Å². The highest BCUT2D eigenvalue weighted by Gasteiger charge is 2.45. The van der Waals surface area contributed by atoms with Gasteiger partial charge in [-0.2, -0.15) is 10.2 Å². The Labute approximate surface area is 350 Å². The minimum Gasteiger partial charge on any atom is -0.497 e. The number of fused-ring (bicyclic) bond motifs is 3. The Morgan fingerprint density at radius 3 is 2.02 bits per heavy atom. The summed E-state index contributed by atoms with van der Waals surface area (Å²) in [6.07, 6.45) is -0.0588. The molecule has 0 saturated carbocycles. The zero-order valence-corrected chi connectivity index (χ0v) is 35.5. The Balaban J connectivity index is 1.34. The predicted molar refractivity (Wildman–Crippen MR) is 231 cm³/mol. The normalized spacial score (nSPS) is 17.4. The SMILES string of the molecule is COc1ccc(C(OC[C@H]2O[C@@H](n3cc4c(nc3=O)[nH]c(=O)c3ccccc34)C[C@@H]2OP(OCCC#N)N(C(C)C)C(C)C)(c2ccccc2)c2ccc(OC)cc2)cc1. The lowest BCUT2D eigenvalue weighted by molar-refractivity contribution is -0.0924. The Hall–Kier alpha value is -5.45. The highest BCUT2D eigenvalue weighted by Crippen LogP contribution is 2.51. The molecule has 1 N–H and O–H groups in total. The van der Waals surface area contributed by atoms with E-state index in [0.29, 0.717) is 27.7 Å². The van der Waals surface area contributed by atoms with Crippen molar-refractivity contribution in [2.45, 2.75) is 76.7 Å². The van der Waals surface area contributed by atoms with Gasteiger partial charge in [0.05, 0.1) is 46.0 Å². The average molecular weight is 832 g/mol. The second kappa shape index (κ2) is 18.9. The van der Waals surface area contributed by atoms with Crippen molar-refractivity contribution in [2.75, 3.05) is 27.4 Å². The smallest absolute Gasteiger partial charge is 0.351 e. The number of aromatic nitrogens is 3. The van der Waals surface area contributed by atoms with Crippen LogP contribution in [0.1, 0.15) is 63.5 Å². The largest absolute Gasteiger partial charge is 0.497 e. The van der Waals surface area contributed by atoms with Crippen LogP contribution in [0.4, 0.5) is 0 Å². The van der Waals surface area contributed by atoms with Crippen LogP contribution in [0.25, 0.3) is 21.8 Å². The third-order valence-electron chi connectivity index (χ3n) is 10.7. The van der Waals surface area contributed by atoms with E-state index in [1.807, 2.05) is 91.0 Å². The summed E-state index contributed by atoms with van der Waals surface area (Å²) < 4.78 is 42.3. The molecule has 3 heterocycles. The number of pyridine rings is 1. The molecule has 1 unspecified atom stereocenters. The zero-order valence-electron chi connectivity index (χ0n) is 34.6. The number of ether oxygens (including phenoxy) is 4. The van der Waals surface area contributed by atoms with Gasteiger partial charge in [-0.1, -0.05) is 72.8 Å². The monoisotopic (exact) mass is 831 g/mol. The van der Waals surface area contributed by atoms with Crippen molar-refractivity contribution < 1.29 is 28.0 Å². The molecule has 4 aromatic carbocycles. The van der Waals surface area contributed by atoms with Crippen molar-refractivity contribution in [1.82, 2.24) is 19.2 Å². The summed E-state index contributed by atoms with van der Waals surface area (Å²) in [6.45, 7) is 8.51. The van der Waals surface area contributed by atoms with Gasteiger partial charge in [0.25, 0.3) is 14.1 Å². The highest BCUT2D eigenvalue weighted by atomic mass is 31.2. The van der Waals surface area contributed by atoms with Gasteiger partial charge < -0.3 is 33.0 Å². The van der Waals surface area contributed by atoms with E-state index in [0.717, 1.165) is 16.7 Å². The van der Waals surface area contributed by atoms with E-state index < -0.39 is 38.3 Å².